The summed E-state index contributed by atoms with van der Waals surface area (Å²) in [6.07, 6.45) is 0.0708. The first-order valence-electron chi connectivity index (χ1n) is 6.81. The van der Waals surface area contributed by atoms with E-state index >= 15 is 0 Å². The molecule has 0 aromatic heterocycles. The summed E-state index contributed by atoms with van der Waals surface area (Å²) in [5.41, 5.74) is 0.537. The second-order valence-electron chi connectivity index (χ2n) is 5.42. The molecule has 0 spiro atoms. The molecular weight excluding hydrogens is 240 g/mol. The summed E-state index contributed by atoms with van der Waals surface area (Å²) < 4.78 is 10.6. The van der Waals surface area contributed by atoms with Crippen LogP contribution in [0.3, 0.4) is 0 Å². The second-order valence-corrected chi connectivity index (χ2v) is 5.42. The molecule has 1 aromatic rings. The minimum absolute atomic E-state index is 0.0955. The van der Waals surface area contributed by atoms with Crippen LogP contribution in [0.2, 0.25) is 0 Å². The molecule has 0 fully saturated rings. The molecule has 0 aliphatic carbocycles. The van der Waals surface area contributed by atoms with Crippen LogP contribution >= 0.6 is 0 Å². The van der Waals surface area contributed by atoms with Gasteiger partial charge in [-0.1, -0.05) is 44.2 Å². The topological polar surface area (TPSA) is 35.5 Å². The Labute approximate surface area is 115 Å². The molecule has 0 aliphatic rings. The fourth-order valence-corrected chi connectivity index (χ4v) is 1.72. The van der Waals surface area contributed by atoms with Crippen LogP contribution in [0.1, 0.15) is 52.5 Å². The van der Waals surface area contributed by atoms with Crippen molar-refractivity contribution in [2.75, 3.05) is 0 Å². The molecule has 0 heterocycles. The Morgan fingerprint density at radius 1 is 1.21 bits per heavy atom. The zero-order valence-electron chi connectivity index (χ0n) is 12.5. The maximum atomic E-state index is 11.7. The molecule has 2 unspecified atom stereocenters. The zero-order valence-corrected chi connectivity index (χ0v) is 12.5. The zero-order chi connectivity index (χ0) is 14.5. The largest absolute Gasteiger partial charge is 0.509 e. The Morgan fingerprint density at radius 3 is 2.32 bits per heavy atom. The van der Waals surface area contributed by atoms with Crippen LogP contribution in [-0.2, 0) is 9.47 Å². The number of hydrogen-bond acceptors (Lipinski definition) is 3. The normalized spacial score (nSPS) is 14.6. The highest BCUT2D eigenvalue weighted by Crippen LogP contribution is 2.31. The lowest BCUT2D eigenvalue weighted by molar-refractivity contribution is -0.0411. The van der Waals surface area contributed by atoms with Gasteiger partial charge in [0.05, 0.1) is 0 Å². The van der Waals surface area contributed by atoms with Gasteiger partial charge in [0.25, 0.3) is 0 Å². The van der Waals surface area contributed by atoms with Gasteiger partial charge in [0, 0.05) is 5.92 Å². The second kappa shape index (κ2) is 6.60. The van der Waals surface area contributed by atoms with Gasteiger partial charge in [-0.2, -0.15) is 0 Å². The Kier molecular flexibility index (Phi) is 5.40. The van der Waals surface area contributed by atoms with Crippen molar-refractivity contribution in [2.24, 2.45) is 0 Å². The summed E-state index contributed by atoms with van der Waals surface area (Å²) in [5.74, 6) is 0.0955. The molecule has 19 heavy (non-hydrogen) atoms. The van der Waals surface area contributed by atoms with E-state index in [0.29, 0.717) is 0 Å². The molecule has 1 aromatic carbocycles. The molecule has 0 saturated heterocycles. The molecule has 0 aliphatic heterocycles. The first kappa shape index (κ1) is 15.5. The van der Waals surface area contributed by atoms with E-state index < -0.39 is 11.8 Å². The van der Waals surface area contributed by atoms with Gasteiger partial charge < -0.3 is 9.47 Å². The van der Waals surface area contributed by atoms with Gasteiger partial charge in [0.2, 0.25) is 0 Å². The van der Waals surface area contributed by atoms with Gasteiger partial charge in [-0.05, 0) is 32.8 Å². The molecular formula is C16H24O3. The Bertz CT molecular complexity index is 398. The summed E-state index contributed by atoms with van der Waals surface area (Å²) in [6, 6.07) is 10.0. The van der Waals surface area contributed by atoms with E-state index in [4.69, 9.17) is 9.47 Å². The average Bonchev–Trinajstić information content (AvgIpc) is 2.37. The first-order chi connectivity index (χ1) is 8.86. The highest BCUT2D eigenvalue weighted by Gasteiger charge is 2.32. The van der Waals surface area contributed by atoms with E-state index in [1.165, 1.54) is 0 Å². The molecule has 0 amide bonds. The smallest absolute Gasteiger partial charge is 0.431 e. The molecule has 0 radical (unpaired) electrons. The maximum Gasteiger partial charge on any atom is 0.509 e. The fraction of sp³-hybridized carbons (Fsp3) is 0.562. The SMILES string of the molecule is CCC(C)OC(=O)OC(C)(C)C(C)c1ccccc1. The Morgan fingerprint density at radius 2 is 1.79 bits per heavy atom. The highest BCUT2D eigenvalue weighted by molar-refractivity contribution is 5.61. The number of carbonyl (C=O) groups is 1. The van der Waals surface area contributed by atoms with Crippen molar-refractivity contribution in [1.29, 1.82) is 0 Å². The van der Waals surface area contributed by atoms with Gasteiger partial charge in [-0.3, -0.25) is 0 Å². The predicted molar refractivity (Wildman–Crippen MR) is 76.3 cm³/mol. The number of rotatable bonds is 5. The Hall–Kier alpha value is -1.51. The van der Waals surface area contributed by atoms with Crippen molar-refractivity contribution in [3.8, 4) is 0 Å². The summed E-state index contributed by atoms with van der Waals surface area (Å²) in [5, 5.41) is 0. The van der Waals surface area contributed by atoms with Crippen molar-refractivity contribution in [2.45, 2.75) is 58.7 Å². The molecule has 0 saturated carbocycles. The van der Waals surface area contributed by atoms with E-state index in [0.717, 1.165) is 12.0 Å². The lowest BCUT2D eigenvalue weighted by Crippen LogP contribution is -2.35. The van der Waals surface area contributed by atoms with Crippen LogP contribution in [0.25, 0.3) is 0 Å². The number of carbonyl (C=O) groups excluding carboxylic acids is 1. The van der Waals surface area contributed by atoms with E-state index in [9.17, 15) is 4.79 Å². The van der Waals surface area contributed by atoms with Crippen molar-refractivity contribution < 1.29 is 14.3 Å². The lowest BCUT2D eigenvalue weighted by atomic mass is 9.86. The van der Waals surface area contributed by atoms with Crippen LogP contribution in [0, 0.1) is 0 Å². The van der Waals surface area contributed by atoms with E-state index in [2.05, 4.69) is 0 Å². The standard InChI is InChI=1S/C16H24O3/c1-6-12(2)18-15(17)19-16(4,5)13(3)14-10-8-7-9-11-14/h7-13H,6H2,1-5H3. The average molecular weight is 264 g/mol. The van der Waals surface area contributed by atoms with Crippen LogP contribution in [0.4, 0.5) is 4.79 Å². The van der Waals surface area contributed by atoms with Crippen LogP contribution in [-0.4, -0.2) is 17.9 Å². The van der Waals surface area contributed by atoms with E-state index in [-0.39, 0.29) is 12.0 Å². The molecule has 106 valence electrons. The third-order valence-corrected chi connectivity index (χ3v) is 3.56. The monoisotopic (exact) mass is 264 g/mol. The van der Waals surface area contributed by atoms with Crippen molar-refractivity contribution in [1.82, 2.24) is 0 Å². The van der Waals surface area contributed by atoms with Crippen LogP contribution in [0.15, 0.2) is 30.3 Å². The molecule has 0 bridgehead atoms. The van der Waals surface area contributed by atoms with Crippen LogP contribution in [0.5, 0.6) is 0 Å². The van der Waals surface area contributed by atoms with Gasteiger partial charge in [0.1, 0.15) is 11.7 Å². The molecule has 3 heteroatoms. The molecule has 0 N–H and O–H groups in total. The highest BCUT2D eigenvalue weighted by atomic mass is 16.7. The van der Waals surface area contributed by atoms with Gasteiger partial charge in [-0.25, -0.2) is 4.79 Å². The van der Waals surface area contributed by atoms with E-state index in [1.807, 2.05) is 65.0 Å². The predicted octanol–water partition coefficient (Wildman–Crippen LogP) is 4.52. The summed E-state index contributed by atoms with van der Waals surface area (Å²) >= 11 is 0. The minimum Gasteiger partial charge on any atom is -0.431 e. The lowest BCUT2D eigenvalue weighted by Gasteiger charge is -2.31. The molecule has 1 rings (SSSR count). The maximum absolute atomic E-state index is 11.7. The third-order valence-electron chi connectivity index (χ3n) is 3.56. The summed E-state index contributed by atoms with van der Waals surface area (Å²) in [7, 11) is 0. The summed E-state index contributed by atoms with van der Waals surface area (Å²) in [6.45, 7) is 9.68. The number of hydrogen-bond donors (Lipinski definition) is 0. The summed E-state index contributed by atoms with van der Waals surface area (Å²) in [4.78, 5) is 11.7. The Balaban J connectivity index is 2.67. The van der Waals surface area contributed by atoms with Gasteiger partial charge in [0.15, 0.2) is 0 Å². The quantitative estimate of drug-likeness (QED) is 0.733. The van der Waals surface area contributed by atoms with Crippen molar-refractivity contribution >= 4 is 6.16 Å². The molecule has 2 atom stereocenters. The number of ether oxygens (including phenoxy) is 2. The fourth-order valence-electron chi connectivity index (χ4n) is 1.72. The van der Waals surface area contributed by atoms with Gasteiger partial charge >= 0.3 is 6.16 Å². The molecule has 3 nitrogen and oxygen atoms in total. The minimum atomic E-state index is -0.605. The van der Waals surface area contributed by atoms with Gasteiger partial charge in [-0.15, -0.1) is 0 Å². The number of benzene rings is 1. The van der Waals surface area contributed by atoms with E-state index in [1.54, 1.807) is 0 Å². The first-order valence-corrected chi connectivity index (χ1v) is 6.81. The van der Waals surface area contributed by atoms with Crippen LogP contribution < -0.4 is 0 Å². The van der Waals surface area contributed by atoms with Crippen molar-refractivity contribution in [3.05, 3.63) is 35.9 Å². The third kappa shape index (κ3) is 4.58. The van der Waals surface area contributed by atoms with Crippen molar-refractivity contribution in [3.63, 3.8) is 0 Å².